The smallest absolute Gasteiger partial charge is 0.291 e. The maximum absolute atomic E-state index is 12.6. The van der Waals surface area contributed by atoms with Gasteiger partial charge in [0.25, 0.3) is 5.56 Å². The van der Waals surface area contributed by atoms with Crippen molar-refractivity contribution in [1.29, 1.82) is 0 Å². The number of rotatable bonds is 2. The number of benzene rings is 2. The van der Waals surface area contributed by atoms with Crippen LogP contribution in [0, 0.1) is 6.92 Å². The topological polar surface area (TPSA) is 31.2 Å². The Morgan fingerprint density at radius 3 is 2.45 bits per heavy atom. The van der Waals surface area contributed by atoms with Gasteiger partial charge in [0.15, 0.2) is 0 Å². The molecule has 0 aliphatic carbocycles. The first-order valence-corrected chi connectivity index (χ1v) is 6.47. The van der Waals surface area contributed by atoms with Gasteiger partial charge in [0.1, 0.15) is 7.11 Å². The maximum Gasteiger partial charge on any atom is 0.291 e. The highest BCUT2D eigenvalue weighted by Gasteiger charge is 2.12. The molecule has 3 nitrogen and oxygen atoms in total. The normalized spacial score (nSPS) is 10.7. The maximum atomic E-state index is 12.6. The number of nitrogens with zero attached hydrogens (tertiary/aromatic N) is 1. The van der Waals surface area contributed by atoms with Crippen LogP contribution in [-0.4, -0.2) is 11.8 Å². The van der Waals surface area contributed by atoms with Gasteiger partial charge in [0.2, 0.25) is 0 Å². The molecule has 1 aromatic heterocycles. The minimum Gasteiger partial charge on any atom is -0.413 e. The average molecular weight is 265 g/mol. The lowest BCUT2D eigenvalue weighted by Gasteiger charge is -2.13. The van der Waals surface area contributed by atoms with E-state index in [1.807, 2.05) is 61.5 Å². The van der Waals surface area contributed by atoms with Crippen LogP contribution in [0.5, 0.6) is 0 Å². The van der Waals surface area contributed by atoms with E-state index in [-0.39, 0.29) is 5.56 Å². The largest absolute Gasteiger partial charge is 0.413 e. The second-order valence-corrected chi connectivity index (χ2v) is 4.72. The lowest BCUT2D eigenvalue weighted by molar-refractivity contribution is 0.163. The fourth-order valence-corrected chi connectivity index (χ4v) is 2.51. The lowest BCUT2D eigenvalue weighted by atomic mass is 10.0. The van der Waals surface area contributed by atoms with E-state index in [0.29, 0.717) is 5.39 Å². The first-order valence-electron chi connectivity index (χ1n) is 6.47. The minimum atomic E-state index is -0.123. The molecule has 100 valence electrons. The molecule has 0 saturated heterocycles. The monoisotopic (exact) mass is 265 g/mol. The van der Waals surface area contributed by atoms with Crippen LogP contribution in [-0.2, 0) is 0 Å². The van der Waals surface area contributed by atoms with E-state index in [9.17, 15) is 4.79 Å². The molecule has 3 aromatic rings. The van der Waals surface area contributed by atoms with Crippen LogP contribution in [0.25, 0.3) is 22.0 Å². The molecule has 0 aliphatic heterocycles. The van der Waals surface area contributed by atoms with Gasteiger partial charge in [0.05, 0.1) is 11.1 Å². The molecule has 0 aliphatic rings. The van der Waals surface area contributed by atoms with Crippen molar-refractivity contribution in [2.24, 2.45) is 0 Å². The van der Waals surface area contributed by atoms with Crippen LogP contribution in [0.2, 0.25) is 0 Å². The second kappa shape index (κ2) is 4.85. The van der Waals surface area contributed by atoms with E-state index >= 15 is 0 Å². The summed E-state index contributed by atoms with van der Waals surface area (Å²) in [6.07, 6.45) is 0. The first-order chi connectivity index (χ1) is 9.72. The van der Waals surface area contributed by atoms with Crippen LogP contribution in [0.3, 0.4) is 0 Å². The highest BCUT2D eigenvalue weighted by Crippen LogP contribution is 2.22. The van der Waals surface area contributed by atoms with Crippen molar-refractivity contribution in [2.75, 3.05) is 7.11 Å². The van der Waals surface area contributed by atoms with Crippen molar-refractivity contribution in [3.8, 4) is 11.3 Å². The van der Waals surface area contributed by atoms with Crippen molar-refractivity contribution >= 4 is 10.8 Å². The molecular weight excluding hydrogens is 250 g/mol. The Morgan fingerprint density at radius 1 is 1.00 bits per heavy atom. The molecule has 0 radical (unpaired) electrons. The fraction of sp³-hybridized carbons (Fsp3) is 0.118. The molecule has 0 N–H and O–H groups in total. The summed E-state index contributed by atoms with van der Waals surface area (Å²) < 4.78 is 1.35. The van der Waals surface area contributed by atoms with Crippen LogP contribution < -0.4 is 10.4 Å². The predicted octanol–water partition coefficient (Wildman–Crippen LogP) is 3.04. The summed E-state index contributed by atoms with van der Waals surface area (Å²) in [6, 6.07) is 17.6. The number of hydrogen-bond acceptors (Lipinski definition) is 2. The summed E-state index contributed by atoms with van der Waals surface area (Å²) in [7, 11) is 1.51. The first kappa shape index (κ1) is 12.5. The number of fused-ring (bicyclic) bond motifs is 1. The van der Waals surface area contributed by atoms with Crippen molar-refractivity contribution in [1.82, 2.24) is 4.73 Å². The van der Waals surface area contributed by atoms with Gasteiger partial charge < -0.3 is 4.84 Å². The zero-order valence-corrected chi connectivity index (χ0v) is 11.5. The quantitative estimate of drug-likeness (QED) is 0.713. The minimum absolute atomic E-state index is 0.123. The molecule has 0 saturated carbocycles. The third kappa shape index (κ3) is 1.88. The molecular formula is C17H15NO2. The Kier molecular flexibility index (Phi) is 3.03. The Labute approximate surface area is 117 Å². The van der Waals surface area contributed by atoms with Crippen LogP contribution >= 0.6 is 0 Å². The Balaban J connectivity index is 2.42. The molecule has 20 heavy (non-hydrogen) atoms. The van der Waals surface area contributed by atoms with Gasteiger partial charge in [-0.3, -0.25) is 4.79 Å². The zero-order chi connectivity index (χ0) is 14.1. The van der Waals surface area contributed by atoms with Crippen molar-refractivity contribution in [3.63, 3.8) is 0 Å². The third-order valence-corrected chi connectivity index (χ3v) is 3.47. The molecule has 0 fully saturated rings. The highest BCUT2D eigenvalue weighted by atomic mass is 16.6. The van der Waals surface area contributed by atoms with Crippen LogP contribution in [0.4, 0.5) is 0 Å². The number of aryl methyl sites for hydroxylation is 1. The number of hydrogen-bond donors (Lipinski definition) is 0. The molecule has 3 heteroatoms. The summed E-state index contributed by atoms with van der Waals surface area (Å²) >= 11 is 0. The van der Waals surface area contributed by atoms with E-state index in [0.717, 1.165) is 22.2 Å². The Hall–Kier alpha value is -2.55. The summed E-state index contributed by atoms with van der Waals surface area (Å²) in [5.74, 6) is 0. The Morgan fingerprint density at radius 2 is 1.75 bits per heavy atom. The van der Waals surface area contributed by atoms with Gasteiger partial charge >= 0.3 is 0 Å². The van der Waals surface area contributed by atoms with Crippen molar-refractivity contribution < 1.29 is 4.84 Å². The zero-order valence-electron chi connectivity index (χ0n) is 11.5. The van der Waals surface area contributed by atoms with Gasteiger partial charge in [-0.2, -0.15) is 0 Å². The lowest BCUT2D eigenvalue weighted by Crippen LogP contribution is -2.26. The number of aromatic nitrogens is 1. The molecule has 0 bridgehead atoms. The van der Waals surface area contributed by atoms with Gasteiger partial charge in [-0.05, 0) is 23.9 Å². The van der Waals surface area contributed by atoms with Crippen LogP contribution in [0.1, 0.15) is 5.56 Å². The second-order valence-electron chi connectivity index (χ2n) is 4.72. The molecule has 0 spiro atoms. The molecule has 3 rings (SSSR count). The average Bonchev–Trinajstić information content (AvgIpc) is 2.48. The predicted molar refractivity (Wildman–Crippen MR) is 80.9 cm³/mol. The summed E-state index contributed by atoms with van der Waals surface area (Å²) in [5, 5.41) is 1.64. The van der Waals surface area contributed by atoms with Gasteiger partial charge in [-0.15, -0.1) is 4.73 Å². The SMILES string of the molecule is COn1c(-c2ccccc2)cc2cccc(C)c2c1=O. The molecule has 0 unspecified atom stereocenters. The van der Waals surface area contributed by atoms with Gasteiger partial charge in [-0.1, -0.05) is 48.5 Å². The van der Waals surface area contributed by atoms with Gasteiger partial charge in [0, 0.05) is 5.56 Å². The molecule has 0 atom stereocenters. The number of pyridine rings is 1. The molecule has 2 aromatic carbocycles. The van der Waals surface area contributed by atoms with Crippen LogP contribution in [0.15, 0.2) is 59.4 Å². The summed E-state index contributed by atoms with van der Waals surface area (Å²) in [4.78, 5) is 17.9. The van der Waals surface area contributed by atoms with Gasteiger partial charge in [-0.25, -0.2) is 0 Å². The van der Waals surface area contributed by atoms with E-state index in [4.69, 9.17) is 4.84 Å². The summed E-state index contributed by atoms with van der Waals surface area (Å²) in [5.41, 5.74) is 2.55. The molecule has 0 amide bonds. The van der Waals surface area contributed by atoms with Crippen molar-refractivity contribution in [3.05, 3.63) is 70.5 Å². The molecule has 1 heterocycles. The summed E-state index contributed by atoms with van der Waals surface area (Å²) in [6.45, 7) is 1.94. The Bertz CT molecular complexity index is 820. The fourth-order valence-electron chi connectivity index (χ4n) is 2.51. The van der Waals surface area contributed by atoms with E-state index in [1.54, 1.807) is 0 Å². The van der Waals surface area contributed by atoms with E-state index in [2.05, 4.69) is 0 Å². The highest BCUT2D eigenvalue weighted by molar-refractivity contribution is 5.87. The van der Waals surface area contributed by atoms with E-state index < -0.39 is 0 Å². The standard InChI is InChI=1S/C17H15NO2/c1-12-7-6-10-14-11-15(13-8-4-3-5-9-13)18(20-2)17(19)16(12)14/h3-11H,1-2H3. The third-order valence-electron chi connectivity index (χ3n) is 3.47. The van der Waals surface area contributed by atoms with E-state index in [1.165, 1.54) is 11.8 Å². The van der Waals surface area contributed by atoms with Crippen molar-refractivity contribution in [2.45, 2.75) is 6.92 Å².